The third-order valence-corrected chi connectivity index (χ3v) is 7.72. The van der Waals surface area contributed by atoms with Gasteiger partial charge in [0.1, 0.15) is 9.77 Å². The van der Waals surface area contributed by atoms with Gasteiger partial charge in [0.05, 0.1) is 13.2 Å². The van der Waals surface area contributed by atoms with Crippen LogP contribution in [0.2, 0.25) is 0 Å². The van der Waals surface area contributed by atoms with Gasteiger partial charge in [0.2, 0.25) is 10.0 Å². The molecule has 0 aliphatic carbocycles. The lowest BCUT2D eigenvalue weighted by atomic mass is 9.90. The highest BCUT2D eigenvalue weighted by Crippen LogP contribution is 2.32. The molecule has 1 atom stereocenters. The summed E-state index contributed by atoms with van der Waals surface area (Å²) in [5.74, 6) is -0.214. The highest BCUT2D eigenvalue weighted by Gasteiger charge is 2.38. The van der Waals surface area contributed by atoms with Gasteiger partial charge in [-0.05, 0) is 29.8 Å². The zero-order valence-corrected chi connectivity index (χ0v) is 15.4. The smallest absolute Gasteiger partial charge is 0.265 e. The largest absolute Gasteiger partial charge is 0.379 e. The topological polar surface area (TPSA) is 92.9 Å². The first-order valence-corrected chi connectivity index (χ1v) is 10.3. The summed E-state index contributed by atoms with van der Waals surface area (Å²) >= 11 is 1.18. The number of thiophene rings is 1. The third-order valence-electron chi connectivity index (χ3n) is 4.75. The molecule has 134 valence electrons. The molecule has 1 aromatic heterocycles. The lowest BCUT2D eigenvalue weighted by Crippen LogP contribution is -2.41. The normalized spacial score (nSPS) is 26.0. The number of amides is 1. The molecule has 2 saturated heterocycles. The number of hydrogen-bond donors (Lipinski definition) is 1. The van der Waals surface area contributed by atoms with Crippen LogP contribution in [0.3, 0.4) is 0 Å². The SMILES string of the molecule is CC1(CN)CCN(C(=O)c2sccc2S(=O)(=O)N2CCOCC2)C1. The lowest BCUT2D eigenvalue weighted by molar-refractivity contribution is 0.0727. The molecule has 2 N–H and O–H groups in total. The van der Waals surface area contributed by atoms with Crippen LogP contribution in [0.25, 0.3) is 0 Å². The van der Waals surface area contributed by atoms with Gasteiger partial charge in [0.15, 0.2) is 0 Å². The fourth-order valence-corrected chi connectivity index (χ4v) is 5.86. The van der Waals surface area contributed by atoms with Crippen molar-refractivity contribution < 1.29 is 17.9 Å². The van der Waals surface area contributed by atoms with E-state index in [2.05, 4.69) is 6.92 Å². The maximum Gasteiger partial charge on any atom is 0.265 e. The molecule has 9 heteroatoms. The highest BCUT2D eigenvalue weighted by molar-refractivity contribution is 7.89. The number of morpholine rings is 1. The summed E-state index contributed by atoms with van der Waals surface area (Å²) in [6.45, 7) is 5.15. The van der Waals surface area contributed by atoms with Gasteiger partial charge >= 0.3 is 0 Å². The number of nitrogens with zero attached hydrogens (tertiary/aromatic N) is 2. The van der Waals surface area contributed by atoms with Gasteiger partial charge in [-0.1, -0.05) is 6.92 Å². The van der Waals surface area contributed by atoms with Crippen molar-refractivity contribution in [3.8, 4) is 0 Å². The van der Waals surface area contributed by atoms with E-state index < -0.39 is 10.0 Å². The van der Waals surface area contributed by atoms with Crippen molar-refractivity contribution in [3.05, 3.63) is 16.3 Å². The van der Waals surface area contributed by atoms with Crippen LogP contribution in [0.15, 0.2) is 16.3 Å². The Labute approximate surface area is 146 Å². The van der Waals surface area contributed by atoms with Gasteiger partial charge in [-0.3, -0.25) is 4.79 Å². The van der Waals surface area contributed by atoms with Crippen LogP contribution in [-0.4, -0.2) is 69.5 Å². The predicted molar refractivity (Wildman–Crippen MR) is 91.6 cm³/mol. The molecule has 0 spiro atoms. The van der Waals surface area contributed by atoms with Gasteiger partial charge in [-0.2, -0.15) is 4.31 Å². The Kier molecular flexibility index (Phi) is 4.99. The van der Waals surface area contributed by atoms with Crippen molar-refractivity contribution in [2.24, 2.45) is 11.1 Å². The molecular formula is C15H23N3O4S2. The van der Waals surface area contributed by atoms with E-state index in [0.29, 0.717) is 50.8 Å². The summed E-state index contributed by atoms with van der Waals surface area (Å²) in [5.41, 5.74) is 5.71. The molecule has 24 heavy (non-hydrogen) atoms. The Morgan fingerprint density at radius 3 is 2.71 bits per heavy atom. The Balaban J connectivity index is 1.84. The van der Waals surface area contributed by atoms with Gasteiger partial charge in [0.25, 0.3) is 5.91 Å². The molecule has 0 bridgehead atoms. The van der Waals surface area contributed by atoms with Gasteiger partial charge < -0.3 is 15.4 Å². The molecule has 2 aliphatic heterocycles. The highest BCUT2D eigenvalue weighted by atomic mass is 32.2. The monoisotopic (exact) mass is 373 g/mol. The minimum Gasteiger partial charge on any atom is -0.379 e. The second-order valence-electron chi connectivity index (χ2n) is 6.62. The molecule has 2 aliphatic rings. The maximum absolute atomic E-state index is 12.9. The fourth-order valence-electron chi connectivity index (χ4n) is 3.09. The molecule has 1 unspecified atom stereocenters. The molecule has 1 amide bonds. The van der Waals surface area contributed by atoms with Crippen molar-refractivity contribution in [1.82, 2.24) is 9.21 Å². The standard InChI is InChI=1S/C15H23N3O4S2/c1-15(10-16)3-4-17(11-15)14(19)13-12(2-9-23-13)24(20,21)18-5-7-22-8-6-18/h2,9H,3-8,10-11,16H2,1H3. The molecular weight excluding hydrogens is 350 g/mol. The Morgan fingerprint density at radius 1 is 1.38 bits per heavy atom. The predicted octanol–water partition coefficient (Wildman–Crippen LogP) is 0.580. The minimum atomic E-state index is -3.67. The number of carbonyl (C=O) groups excluding carboxylic acids is 1. The zero-order valence-electron chi connectivity index (χ0n) is 13.7. The van der Waals surface area contributed by atoms with E-state index >= 15 is 0 Å². The van der Waals surface area contributed by atoms with Crippen molar-refractivity contribution in [2.45, 2.75) is 18.2 Å². The number of hydrogen-bond acceptors (Lipinski definition) is 6. The van der Waals surface area contributed by atoms with E-state index in [1.165, 1.54) is 21.7 Å². The van der Waals surface area contributed by atoms with E-state index in [-0.39, 0.29) is 16.2 Å². The molecule has 2 fully saturated rings. The van der Waals surface area contributed by atoms with Crippen molar-refractivity contribution in [2.75, 3.05) is 45.9 Å². The van der Waals surface area contributed by atoms with E-state index in [1.54, 1.807) is 10.3 Å². The summed E-state index contributed by atoms with van der Waals surface area (Å²) in [5, 5.41) is 1.67. The third kappa shape index (κ3) is 3.23. The first-order valence-electron chi connectivity index (χ1n) is 8.02. The average Bonchev–Trinajstić information content (AvgIpc) is 3.23. The summed E-state index contributed by atoms with van der Waals surface area (Å²) in [6, 6.07) is 1.53. The van der Waals surface area contributed by atoms with Crippen LogP contribution in [0.5, 0.6) is 0 Å². The van der Waals surface area contributed by atoms with Crippen LogP contribution in [0, 0.1) is 5.41 Å². The zero-order chi connectivity index (χ0) is 17.4. The van der Waals surface area contributed by atoms with E-state index in [0.717, 1.165) is 6.42 Å². The Hall–Kier alpha value is -1.00. The van der Waals surface area contributed by atoms with E-state index in [1.807, 2.05) is 0 Å². The Bertz CT molecular complexity index is 712. The summed E-state index contributed by atoms with van der Waals surface area (Å²) < 4.78 is 32.3. The number of rotatable bonds is 4. The van der Waals surface area contributed by atoms with E-state index in [4.69, 9.17) is 10.5 Å². The van der Waals surface area contributed by atoms with Crippen molar-refractivity contribution in [1.29, 1.82) is 0 Å². The minimum absolute atomic E-state index is 0.0871. The fraction of sp³-hybridized carbons (Fsp3) is 0.667. The van der Waals surface area contributed by atoms with Crippen LogP contribution >= 0.6 is 11.3 Å². The second-order valence-corrected chi connectivity index (χ2v) is 9.44. The Morgan fingerprint density at radius 2 is 2.08 bits per heavy atom. The van der Waals surface area contributed by atoms with Crippen LogP contribution in [0.1, 0.15) is 23.0 Å². The number of nitrogens with two attached hydrogens (primary N) is 1. The summed E-state index contributed by atoms with van der Waals surface area (Å²) in [4.78, 5) is 15.0. The number of sulfonamides is 1. The van der Waals surface area contributed by atoms with Crippen LogP contribution in [-0.2, 0) is 14.8 Å². The van der Waals surface area contributed by atoms with E-state index in [9.17, 15) is 13.2 Å². The maximum atomic E-state index is 12.9. The van der Waals surface area contributed by atoms with Crippen LogP contribution in [0.4, 0.5) is 0 Å². The van der Waals surface area contributed by atoms with Crippen molar-refractivity contribution >= 4 is 27.3 Å². The first-order chi connectivity index (χ1) is 11.4. The van der Waals surface area contributed by atoms with Gasteiger partial charge in [0, 0.05) is 26.2 Å². The quantitative estimate of drug-likeness (QED) is 0.833. The molecule has 1 aromatic rings. The van der Waals surface area contributed by atoms with Gasteiger partial charge in [-0.15, -0.1) is 11.3 Å². The lowest BCUT2D eigenvalue weighted by Gasteiger charge is -2.26. The summed E-state index contributed by atoms with van der Waals surface area (Å²) in [6.07, 6.45) is 0.839. The molecule has 7 nitrogen and oxygen atoms in total. The second kappa shape index (κ2) is 6.72. The number of likely N-dealkylation sites (tertiary alicyclic amines) is 1. The molecule has 0 aromatic carbocycles. The molecule has 3 heterocycles. The van der Waals surface area contributed by atoms with Gasteiger partial charge in [-0.25, -0.2) is 8.42 Å². The first kappa shape index (κ1) is 17.8. The summed E-state index contributed by atoms with van der Waals surface area (Å²) in [7, 11) is -3.67. The van der Waals surface area contributed by atoms with Crippen molar-refractivity contribution in [3.63, 3.8) is 0 Å². The van der Waals surface area contributed by atoms with Crippen LogP contribution < -0.4 is 5.73 Å². The molecule has 0 saturated carbocycles. The molecule has 0 radical (unpaired) electrons. The molecule has 3 rings (SSSR count). The number of carbonyl (C=O) groups is 1. The number of ether oxygens (including phenoxy) is 1. The average molecular weight is 374 g/mol.